The molecule has 1 saturated heterocycles. The summed E-state index contributed by atoms with van der Waals surface area (Å²) in [6, 6.07) is 18.4. The van der Waals surface area contributed by atoms with Crippen LogP contribution in [0.5, 0.6) is 11.5 Å². The molecule has 1 fully saturated rings. The molecule has 0 unspecified atom stereocenters. The number of fused-ring (bicyclic) bond motifs is 1. The van der Waals surface area contributed by atoms with Gasteiger partial charge in [-0.25, -0.2) is 9.50 Å². The summed E-state index contributed by atoms with van der Waals surface area (Å²) in [5, 5.41) is 8.18. The summed E-state index contributed by atoms with van der Waals surface area (Å²) in [5.74, 6) is 2.64. The van der Waals surface area contributed by atoms with Crippen molar-refractivity contribution in [3.8, 4) is 22.8 Å². The van der Waals surface area contributed by atoms with E-state index >= 15 is 0 Å². The Bertz CT molecular complexity index is 1260. The average molecular weight is 444 g/mol. The highest BCUT2D eigenvalue weighted by Crippen LogP contribution is 2.35. The van der Waals surface area contributed by atoms with E-state index in [1.807, 2.05) is 53.2 Å². The number of likely N-dealkylation sites (tertiary alicyclic amines) is 1. The fourth-order valence-corrected chi connectivity index (χ4v) is 4.56. The number of aromatic nitrogens is 3. The van der Waals surface area contributed by atoms with Crippen LogP contribution in [0.2, 0.25) is 0 Å². The normalized spacial score (nSPS) is 15.0. The van der Waals surface area contributed by atoms with Crippen molar-refractivity contribution in [1.29, 1.82) is 0 Å². The fourth-order valence-electron chi connectivity index (χ4n) is 4.56. The second kappa shape index (κ2) is 9.11. The highest BCUT2D eigenvalue weighted by Gasteiger charge is 2.20. The number of anilines is 2. The van der Waals surface area contributed by atoms with Gasteiger partial charge in [-0.2, -0.15) is 0 Å². The van der Waals surface area contributed by atoms with Gasteiger partial charge < -0.3 is 19.7 Å². The Kier molecular flexibility index (Phi) is 5.88. The van der Waals surface area contributed by atoms with Crippen molar-refractivity contribution < 1.29 is 9.47 Å². The minimum Gasteiger partial charge on any atom is -0.496 e. The lowest BCUT2D eigenvalue weighted by Crippen LogP contribution is -2.29. The Morgan fingerprint density at radius 3 is 2.52 bits per heavy atom. The van der Waals surface area contributed by atoms with Crippen molar-refractivity contribution >= 4 is 17.2 Å². The molecule has 0 spiro atoms. The predicted molar refractivity (Wildman–Crippen MR) is 131 cm³/mol. The molecule has 0 atom stereocenters. The zero-order valence-electron chi connectivity index (χ0n) is 19.3. The second-order valence-electron chi connectivity index (χ2n) is 8.50. The van der Waals surface area contributed by atoms with E-state index in [2.05, 4.69) is 34.4 Å². The van der Waals surface area contributed by atoms with Gasteiger partial charge in [0.25, 0.3) is 0 Å². The molecule has 1 N–H and O–H groups in total. The Morgan fingerprint density at radius 1 is 0.939 bits per heavy atom. The lowest BCUT2D eigenvalue weighted by Gasteiger charge is -2.29. The smallest absolute Gasteiger partial charge is 0.245 e. The molecule has 0 bridgehead atoms. The SMILES string of the molecule is COc1ccc(C2CCN(C)CC2)cc1Nc1ncc2ccc(-c3ccccc3OC)n2n1. The molecule has 1 aliphatic rings. The number of benzene rings is 2. The van der Waals surface area contributed by atoms with Crippen molar-refractivity contribution in [3.05, 3.63) is 66.4 Å². The molecule has 7 heteroatoms. The lowest BCUT2D eigenvalue weighted by atomic mass is 9.89. The summed E-state index contributed by atoms with van der Waals surface area (Å²) in [7, 11) is 5.55. The first-order valence-corrected chi connectivity index (χ1v) is 11.3. The van der Waals surface area contributed by atoms with Crippen LogP contribution in [0.25, 0.3) is 16.8 Å². The van der Waals surface area contributed by atoms with Crippen LogP contribution >= 0.6 is 0 Å². The molecule has 0 radical (unpaired) electrons. The molecule has 3 heterocycles. The molecular weight excluding hydrogens is 414 g/mol. The number of nitrogens with zero attached hydrogens (tertiary/aromatic N) is 4. The van der Waals surface area contributed by atoms with Crippen LogP contribution in [0.3, 0.4) is 0 Å². The molecule has 0 aliphatic carbocycles. The molecule has 33 heavy (non-hydrogen) atoms. The van der Waals surface area contributed by atoms with Gasteiger partial charge >= 0.3 is 0 Å². The highest BCUT2D eigenvalue weighted by molar-refractivity contribution is 5.72. The first-order chi connectivity index (χ1) is 16.2. The number of nitrogens with one attached hydrogen (secondary N) is 1. The first kappa shape index (κ1) is 21.3. The zero-order valence-corrected chi connectivity index (χ0v) is 19.3. The van der Waals surface area contributed by atoms with Crippen molar-refractivity contribution in [2.45, 2.75) is 18.8 Å². The van der Waals surface area contributed by atoms with Gasteiger partial charge in [0.2, 0.25) is 5.95 Å². The summed E-state index contributed by atoms with van der Waals surface area (Å²) in [4.78, 5) is 6.93. The van der Waals surface area contributed by atoms with Crippen LogP contribution in [0.1, 0.15) is 24.3 Å². The van der Waals surface area contributed by atoms with Crippen molar-refractivity contribution in [1.82, 2.24) is 19.5 Å². The van der Waals surface area contributed by atoms with Gasteiger partial charge in [0, 0.05) is 5.56 Å². The van der Waals surface area contributed by atoms with E-state index in [0.717, 1.165) is 59.9 Å². The molecule has 2 aromatic carbocycles. The van der Waals surface area contributed by atoms with Crippen LogP contribution in [0, 0.1) is 0 Å². The van der Waals surface area contributed by atoms with Crippen LogP contribution in [0.15, 0.2) is 60.8 Å². The largest absolute Gasteiger partial charge is 0.496 e. The lowest BCUT2D eigenvalue weighted by molar-refractivity contribution is 0.255. The Labute approximate surface area is 194 Å². The fraction of sp³-hybridized carbons (Fsp3) is 0.308. The maximum Gasteiger partial charge on any atom is 0.245 e. The summed E-state index contributed by atoms with van der Waals surface area (Å²) in [6.07, 6.45) is 4.15. The van der Waals surface area contributed by atoms with Gasteiger partial charge in [-0.15, -0.1) is 5.10 Å². The minimum atomic E-state index is 0.508. The highest BCUT2D eigenvalue weighted by atomic mass is 16.5. The van der Waals surface area contributed by atoms with E-state index in [1.165, 1.54) is 5.56 Å². The van der Waals surface area contributed by atoms with Crippen LogP contribution in [0.4, 0.5) is 11.6 Å². The third-order valence-corrected chi connectivity index (χ3v) is 6.44. The molecule has 5 rings (SSSR count). The molecule has 0 saturated carbocycles. The number of methoxy groups -OCH3 is 2. The summed E-state index contributed by atoms with van der Waals surface area (Å²) in [6.45, 7) is 2.25. The molecule has 4 aromatic rings. The Balaban J connectivity index is 1.48. The molecule has 2 aromatic heterocycles. The molecule has 1 aliphatic heterocycles. The quantitative estimate of drug-likeness (QED) is 0.454. The van der Waals surface area contributed by atoms with Crippen molar-refractivity contribution in [2.75, 3.05) is 39.7 Å². The maximum absolute atomic E-state index is 5.62. The van der Waals surface area contributed by atoms with Crippen molar-refractivity contribution in [3.63, 3.8) is 0 Å². The molecule has 0 amide bonds. The molecular formula is C26H29N5O2. The summed E-state index contributed by atoms with van der Waals surface area (Å²) >= 11 is 0. The Morgan fingerprint density at radius 2 is 1.73 bits per heavy atom. The van der Waals surface area contributed by atoms with Gasteiger partial charge in [0.15, 0.2) is 0 Å². The molecule has 7 nitrogen and oxygen atoms in total. The van der Waals surface area contributed by atoms with Gasteiger partial charge in [-0.1, -0.05) is 18.2 Å². The van der Waals surface area contributed by atoms with Crippen molar-refractivity contribution in [2.24, 2.45) is 0 Å². The van der Waals surface area contributed by atoms with Gasteiger partial charge in [-0.05, 0) is 80.9 Å². The third-order valence-electron chi connectivity index (χ3n) is 6.44. The topological polar surface area (TPSA) is 63.9 Å². The monoisotopic (exact) mass is 443 g/mol. The molecule has 170 valence electrons. The summed E-state index contributed by atoms with van der Waals surface area (Å²) in [5.41, 5.74) is 5.03. The van der Waals surface area contributed by atoms with E-state index in [-0.39, 0.29) is 0 Å². The van der Waals surface area contributed by atoms with Gasteiger partial charge in [0.1, 0.15) is 11.5 Å². The number of para-hydroxylation sites is 1. The first-order valence-electron chi connectivity index (χ1n) is 11.3. The second-order valence-corrected chi connectivity index (χ2v) is 8.50. The van der Waals surface area contributed by atoms with E-state index in [1.54, 1.807) is 14.2 Å². The predicted octanol–water partition coefficient (Wildman–Crippen LogP) is 4.97. The standard InChI is InChI=1S/C26H29N5O2/c1-30-14-12-18(13-15-30)19-8-11-25(33-3)22(16-19)28-26-27-17-20-9-10-23(31(20)29-26)21-6-4-5-7-24(21)32-2/h4-11,16-18H,12-15H2,1-3H3,(H,28,29). The maximum atomic E-state index is 5.62. The zero-order chi connectivity index (χ0) is 22.8. The summed E-state index contributed by atoms with van der Waals surface area (Å²) < 4.78 is 13.1. The Hall–Kier alpha value is -3.58. The van der Waals surface area contributed by atoms with Crippen LogP contribution < -0.4 is 14.8 Å². The number of piperidine rings is 1. The number of hydrogen-bond donors (Lipinski definition) is 1. The van der Waals surface area contributed by atoms with Crippen LogP contribution in [-0.4, -0.2) is 53.9 Å². The number of rotatable bonds is 6. The number of hydrogen-bond acceptors (Lipinski definition) is 6. The van der Waals surface area contributed by atoms with E-state index in [4.69, 9.17) is 14.6 Å². The number of ether oxygens (including phenoxy) is 2. The minimum absolute atomic E-state index is 0.508. The van der Waals surface area contributed by atoms with Crippen LogP contribution in [-0.2, 0) is 0 Å². The van der Waals surface area contributed by atoms with E-state index < -0.39 is 0 Å². The van der Waals surface area contributed by atoms with Gasteiger partial charge in [0.05, 0.1) is 37.3 Å². The van der Waals surface area contributed by atoms with E-state index in [9.17, 15) is 0 Å². The van der Waals surface area contributed by atoms with E-state index in [0.29, 0.717) is 11.9 Å². The third kappa shape index (κ3) is 4.24. The average Bonchev–Trinajstić information content (AvgIpc) is 3.27. The van der Waals surface area contributed by atoms with Gasteiger partial charge in [-0.3, -0.25) is 0 Å².